The molecule has 5 atom stereocenters. The van der Waals surface area contributed by atoms with Crippen molar-refractivity contribution < 1.29 is 41.8 Å². The molecule has 3 N–H and O–H groups in total. The van der Waals surface area contributed by atoms with Crippen LogP contribution >= 0.6 is 0 Å². The van der Waals surface area contributed by atoms with Crippen molar-refractivity contribution in [3.05, 3.63) is 41.6 Å². The summed E-state index contributed by atoms with van der Waals surface area (Å²) in [6.07, 6.45) is 10.8. The number of carbonyl (C=O) groups is 4. The number of rotatable bonds is 7. The van der Waals surface area contributed by atoms with Crippen LogP contribution in [-0.2, 0) is 35.6 Å². The van der Waals surface area contributed by atoms with Crippen LogP contribution in [-0.4, -0.2) is 90.3 Å². The van der Waals surface area contributed by atoms with Crippen LogP contribution in [0.4, 0.5) is 4.79 Å². The van der Waals surface area contributed by atoms with Crippen LogP contribution in [0.2, 0.25) is 0 Å². The van der Waals surface area contributed by atoms with Crippen molar-refractivity contribution in [1.29, 1.82) is 0 Å². The van der Waals surface area contributed by atoms with Gasteiger partial charge in [-0.3, -0.25) is 19.1 Å². The van der Waals surface area contributed by atoms with E-state index in [0.717, 1.165) is 47.8 Å². The van der Waals surface area contributed by atoms with E-state index in [4.69, 9.17) is 19.2 Å². The average Bonchev–Trinajstić information content (AvgIpc) is 4.09. The topological polar surface area (TPSA) is 182 Å². The SMILES string of the molecule is CCOC(=O)N[C@H]1CCCCC/C=C\[C@@H]2C[C@@]2(C(=O)NS(=O)(=O)C2(C)CC2)NC(=O)[C@@H]2C[C@]3(CCc4c(c(C5CC5)nc5cc(OC)ccc45)O3)CN2C1=O. The fourth-order valence-electron chi connectivity index (χ4n) is 8.61. The molecule has 1 aromatic carbocycles. The molecule has 6 aliphatic rings. The predicted molar refractivity (Wildman–Crippen MR) is 202 cm³/mol. The zero-order valence-corrected chi connectivity index (χ0v) is 32.6. The quantitative estimate of drug-likeness (QED) is 0.343. The number of nitrogens with one attached hydrogen (secondary N) is 3. The summed E-state index contributed by atoms with van der Waals surface area (Å²) in [6, 6.07) is 3.80. The molecule has 296 valence electrons. The number of allylic oxidation sites excluding steroid dienone is 1. The lowest BCUT2D eigenvalue weighted by molar-refractivity contribution is -0.141. The van der Waals surface area contributed by atoms with Crippen molar-refractivity contribution in [2.45, 2.75) is 131 Å². The number of aromatic nitrogens is 1. The molecule has 14 nitrogen and oxygen atoms in total. The third-order valence-electron chi connectivity index (χ3n) is 12.6. The Morgan fingerprint density at radius 1 is 1.09 bits per heavy atom. The number of benzene rings is 1. The normalized spacial score (nSPS) is 30.7. The Hall–Kier alpha value is -4.40. The van der Waals surface area contributed by atoms with Crippen LogP contribution in [0.3, 0.4) is 0 Å². The van der Waals surface area contributed by atoms with Gasteiger partial charge in [0, 0.05) is 35.3 Å². The van der Waals surface area contributed by atoms with Crippen molar-refractivity contribution in [3.8, 4) is 11.5 Å². The summed E-state index contributed by atoms with van der Waals surface area (Å²) in [7, 11) is -2.36. The molecule has 15 heteroatoms. The molecule has 3 aliphatic heterocycles. The summed E-state index contributed by atoms with van der Waals surface area (Å²) in [4.78, 5) is 62.6. The van der Waals surface area contributed by atoms with E-state index in [1.165, 1.54) is 4.90 Å². The fourth-order valence-corrected chi connectivity index (χ4v) is 9.93. The molecule has 3 saturated carbocycles. The van der Waals surface area contributed by atoms with Gasteiger partial charge in [0.25, 0.3) is 5.91 Å². The van der Waals surface area contributed by atoms with Gasteiger partial charge in [-0.15, -0.1) is 0 Å². The summed E-state index contributed by atoms with van der Waals surface area (Å²) in [5.74, 6) is -0.549. The number of pyridine rings is 1. The van der Waals surface area contributed by atoms with Gasteiger partial charge in [0.15, 0.2) is 0 Å². The van der Waals surface area contributed by atoms with Gasteiger partial charge in [-0.25, -0.2) is 18.2 Å². The van der Waals surface area contributed by atoms with Gasteiger partial charge in [-0.1, -0.05) is 25.0 Å². The van der Waals surface area contributed by atoms with Crippen molar-refractivity contribution in [1.82, 2.24) is 25.2 Å². The maximum absolute atomic E-state index is 14.7. The second-order valence-electron chi connectivity index (χ2n) is 16.6. The van der Waals surface area contributed by atoms with E-state index in [1.54, 1.807) is 21.0 Å². The molecule has 0 radical (unpaired) electrons. The highest BCUT2D eigenvalue weighted by atomic mass is 32.2. The Morgan fingerprint density at radius 3 is 2.62 bits per heavy atom. The summed E-state index contributed by atoms with van der Waals surface area (Å²) in [6.45, 7) is 3.49. The number of hydrogen-bond acceptors (Lipinski definition) is 10. The minimum absolute atomic E-state index is 0.0738. The molecule has 1 saturated heterocycles. The van der Waals surface area contributed by atoms with Crippen LogP contribution in [0.25, 0.3) is 10.9 Å². The van der Waals surface area contributed by atoms with Crippen LogP contribution in [0.5, 0.6) is 11.5 Å². The molecule has 4 amide bonds. The molecule has 4 heterocycles. The predicted octanol–water partition coefficient (Wildman–Crippen LogP) is 4.29. The van der Waals surface area contributed by atoms with Gasteiger partial charge in [0.05, 0.1) is 36.2 Å². The van der Waals surface area contributed by atoms with E-state index in [-0.39, 0.29) is 31.9 Å². The molecule has 0 unspecified atom stereocenters. The van der Waals surface area contributed by atoms with E-state index in [2.05, 4.69) is 15.4 Å². The van der Waals surface area contributed by atoms with Gasteiger partial charge in [-0.2, -0.15) is 0 Å². The lowest BCUT2D eigenvalue weighted by Gasteiger charge is -2.37. The number of methoxy groups -OCH3 is 1. The lowest BCUT2D eigenvalue weighted by atomic mass is 9.86. The third kappa shape index (κ3) is 7.01. The highest BCUT2D eigenvalue weighted by Gasteiger charge is 2.64. The Bertz CT molecular complexity index is 2060. The van der Waals surface area contributed by atoms with Crippen molar-refractivity contribution >= 4 is 44.7 Å². The van der Waals surface area contributed by atoms with E-state index in [0.29, 0.717) is 56.4 Å². The van der Waals surface area contributed by atoms with Crippen molar-refractivity contribution in [2.24, 2.45) is 5.92 Å². The van der Waals surface area contributed by atoms with Gasteiger partial charge in [-0.05, 0) is 90.2 Å². The van der Waals surface area contributed by atoms with Gasteiger partial charge in [0.2, 0.25) is 21.8 Å². The molecule has 0 bridgehead atoms. The molecular formula is C40H51N5O9S. The second-order valence-corrected chi connectivity index (χ2v) is 18.8. The number of ether oxygens (including phenoxy) is 3. The van der Waals surface area contributed by atoms with Gasteiger partial charge < -0.3 is 29.7 Å². The van der Waals surface area contributed by atoms with Crippen LogP contribution in [0.1, 0.15) is 108 Å². The maximum Gasteiger partial charge on any atom is 0.407 e. The second kappa shape index (κ2) is 14.0. The van der Waals surface area contributed by atoms with Gasteiger partial charge in [0.1, 0.15) is 34.7 Å². The number of sulfonamides is 1. The van der Waals surface area contributed by atoms with Crippen LogP contribution in [0, 0.1) is 5.92 Å². The van der Waals surface area contributed by atoms with Crippen LogP contribution in [0.15, 0.2) is 30.4 Å². The van der Waals surface area contributed by atoms with Crippen molar-refractivity contribution in [3.63, 3.8) is 0 Å². The zero-order valence-electron chi connectivity index (χ0n) is 31.8. The number of alkyl carbamates (subject to hydrolysis) is 1. The number of hydrogen-bond donors (Lipinski definition) is 3. The van der Waals surface area contributed by atoms with Crippen molar-refractivity contribution in [2.75, 3.05) is 20.3 Å². The first-order valence-corrected chi connectivity index (χ1v) is 21.3. The summed E-state index contributed by atoms with van der Waals surface area (Å²) < 4.78 is 45.4. The highest BCUT2D eigenvalue weighted by Crippen LogP contribution is 2.52. The first-order valence-electron chi connectivity index (χ1n) is 19.8. The Kier molecular flexibility index (Phi) is 9.53. The number of aryl methyl sites for hydroxylation is 1. The highest BCUT2D eigenvalue weighted by molar-refractivity contribution is 7.91. The first-order chi connectivity index (χ1) is 26.3. The molecule has 2 aromatic rings. The first kappa shape index (κ1) is 37.5. The number of amides is 4. The maximum atomic E-state index is 14.7. The summed E-state index contributed by atoms with van der Waals surface area (Å²) >= 11 is 0. The third-order valence-corrected chi connectivity index (χ3v) is 14.7. The molecule has 1 spiro atoms. The number of nitrogens with zero attached hydrogens (tertiary/aromatic N) is 2. The van der Waals surface area contributed by atoms with E-state index in [9.17, 15) is 27.6 Å². The summed E-state index contributed by atoms with van der Waals surface area (Å²) in [5.41, 5.74) is 0.276. The van der Waals surface area contributed by atoms with Gasteiger partial charge >= 0.3 is 6.09 Å². The number of carbonyl (C=O) groups excluding carboxylic acids is 4. The molecule has 1 aromatic heterocycles. The fraction of sp³-hybridized carbons (Fsp3) is 0.625. The smallest absolute Gasteiger partial charge is 0.407 e. The molecular weight excluding hydrogens is 727 g/mol. The summed E-state index contributed by atoms with van der Waals surface area (Å²) in [5, 5.41) is 6.68. The largest absolute Gasteiger partial charge is 0.497 e. The zero-order chi connectivity index (χ0) is 38.8. The standard InChI is InChI=1S/C40H51N5O9S/c1-4-53-37(49)42-29-11-9-7-5-6-8-10-25-21-40(25,36(48)44-55(50,51)38(2)18-19-38)43-34(46)31-22-39(23-45(31)35(29)47)17-16-28-27-15-14-26(52-3)20-30(27)41-32(24-12-13-24)33(28)54-39/h8,10,14-15,20,24-25,29,31H,4-7,9,11-13,16-19,21-23H2,1-3H3,(H,42,49)(H,43,46)(H,44,48)/b10-8-/t25-,29+,31+,39-,40-/m1/s1. The minimum Gasteiger partial charge on any atom is -0.497 e. The minimum atomic E-state index is -3.98. The Morgan fingerprint density at radius 2 is 1.89 bits per heavy atom. The Balaban J connectivity index is 1.15. The monoisotopic (exact) mass is 777 g/mol. The van der Waals surface area contributed by atoms with E-state index < -0.39 is 67.7 Å². The lowest BCUT2D eigenvalue weighted by Crippen LogP contribution is -2.58. The average molecular weight is 778 g/mol. The Labute approximate surface area is 321 Å². The van der Waals surface area contributed by atoms with Crippen LogP contribution < -0.4 is 24.8 Å². The molecule has 55 heavy (non-hydrogen) atoms. The van der Waals surface area contributed by atoms with E-state index in [1.807, 2.05) is 30.4 Å². The molecule has 4 fully saturated rings. The number of fused-ring (bicyclic) bond motifs is 5. The van der Waals surface area contributed by atoms with E-state index >= 15 is 0 Å². The molecule has 8 rings (SSSR count). The molecule has 3 aliphatic carbocycles.